The summed E-state index contributed by atoms with van der Waals surface area (Å²) in [5.41, 5.74) is 0.247. The molecule has 1 N–H and O–H groups in total. The molecule has 0 radical (unpaired) electrons. The van der Waals surface area contributed by atoms with E-state index in [4.69, 9.17) is 9.47 Å². The third-order valence-electron chi connectivity index (χ3n) is 5.10. The number of likely N-dealkylation sites (tertiary alicyclic amines) is 1. The number of rotatable bonds is 4. The van der Waals surface area contributed by atoms with E-state index in [1.165, 1.54) is 18.1 Å². The number of alkyl halides is 3. The smallest absolute Gasteiger partial charge is 0.416 e. The number of aliphatic hydroxyl groups is 1. The Morgan fingerprint density at radius 1 is 1.19 bits per heavy atom. The van der Waals surface area contributed by atoms with E-state index in [0.29, 0.717) is 35.6 Å². The van der Waals surface area contributed by atoms with Crippen molar-refractivity contribution in [1.82, 2.24) is 15.1 Å². The second kappa shape index (κ2) is 8.57. The quantitative estimate of drug-likeness (QED) is 0.740. The lowest BCUT2D eigenvalue weighted by molar-refractivity contribution is -0.137. The van der Waals surface area contributed by atoms with Crippen LogP contribution in [0.3, 0.4) is 0 Å². The molecule has 1 aliphatic rings. The summed E-state index contributed by atoms with van der Waals surface area (Å²) in [6, 6.07) is 4.81. The Kier molecular flexibility index (Phi) is 6.37. The van der Waals surface area contributed by atoms with E-state index in [2.05, 4.69) is 10.2 Å². The molecule has 0 spiro atoms. The molecule has 1 aromatic heterocycles. The molecule has 2 aromatic rings. The predicted octanol–water partition coefficient (Wildman–Crippen LogP) is 4.38. The van der Waals surface area contributed by atoms with Gasteiger partial charge in [-0.15, -0.1) is 5.10 Å². The molecule has 1 aromatic carbocycles. The minimum absolute atomic E-state index is 0.0255. The molecular weight excluding hydrogens is 427 g/mol. The van der Waals surface area contributed by atoms with Gasteiger partial charge in [-0.3, -0.25) is 0 Å². The number of benzene rings is 1. The first-order valence-corrected chi connectivity index (χ1v) is 10.1. The monoisotopic (exact) mass is 453 g/mol. The summed E-state index contributed by atoms with van der Waals surface area (Å²) in [4.78, 5) is 13.6. The Morgan fingerprint density at radius 3 is 2.38 bits per heavy atom. The Labute approximate surface area is 184 Å². The van der Waals surface area contributed by atoms with Crippen molar-refractivity contribution in [1.29, 1.82) is 0 Å². The van der Waals surface area contributed by atoms with Crippen molar-refractivity contribution < 1.29 is 32.5 Å². The van der Waals surface area contributed by atoms with E-state index in [1.807, 2.05) is 0 Å². The van der Waals surface area contributed by atoms with Crippen LogP contribution in [0.5, 0.6) is 5.75 Å². The van der Waals surface area contributed by atoms with E-state index < -0.39 is 29.5 Å². The zero-order valence-corrected chi connectivity index (χ0v) is 18.5. The van der Waals surface area contributed by atoms with Crippen LogP contribution in [-0.4, -0.2) is 52.1 Å². The highest BCUT2D eigenvalue weighted by Crippen LogP contribution is 2.38. The number of carbonyl (C=O) groups excluding carboxylic acids is 1. The Hall–Kier alpha value is -2.88. The third kappa shape index (κ3) is 5.12. The molecule has 10 heteroatoms. The summed E-state index contributed by atoms with van der Waals surface area (Å²) in [6.07, 6.45) is -5.87. The number of hydrogen-bond acceptors (Lipinski definition) is 6. The maximum atomic E-state index is 13.0. The zero-order valence-electron chi connectivity index (χ0n) is 18.5. The number of carbonyl (C=O) groups is 1. The highest BCUT2D eigenvalue weighted by molar-refractivity contribution is 5.70. The Morgan fingerprint density at radius 2 is 1.84 bits per heavy atom. The molecule has 0 aliphatic carbocycles. The fourth-order valence-electron chi connectivity index (χ4n) is 3.41. The summed E-state index contributed by atoms with van der Waals surface area (Å²) >= 11 is 0. The van der Waals surface area contributed by atoms with Crippen LogP contribution < -0.4 is 4.74 Å². The Bertz CT molecular complexity index is 999. The summed E-state index contributed by atoms with van der Waals surface area (Å²) in [7, 11) is 1.28. The maximum absolute atomic E-state index is 13.0. The zero-order chi connectivity index (χ0) is 23.8. The van der Waals surface area contributed by atoms with Crippen LogP contribution in [0.15, 0.2) is 24.3 Å². The number of hydrogen-bond donors (Lipinski definition) is 1. The van der Waals surface area contributed by atoms with E-state index in [-0.39, 0.29) is 11.7 Å². The molecule has 7 nitrogen and oxygen atoms in total. The van der Waals surface area contributed by atoms with Crippen molar-refractivity contribution in [2.75, 3.05) is 20.2 Å². The summed E-state index contributed by atoms with van der Waals surface area (Å²) < 4.78 is 49.4. The molecule has 1 amide bonds. The SMILES string of the molecule is COc1cc(C(F)(F)F)ccc1-c1nnc(C(O)C2CN(C(=O)OC(C)(C)C)C2)cc1C. The van der Waals surface area contributed by atoms with Gasteiger partial charge in [0.15, 0.2) is 0 Å². The third-order valence-corrected chi connectivity index (χ3v) is 5.10. The first-order valence-electron chi connectivity index (χ1n) is 10.1. The number of ether oxygens (including phenoxy) is 2. The van der Waals surface area contributed by atoms with Gasteiger partial charge in [0.05, 0.1) is 24.1 Å². The number of halogens is 3. The van der Waals surface area contributed by atoms with Gasteiger partial charge in [0, 0.05) is 24.6 Å². The van der Waals surface area contributed by atoms with E-state index in [9.17, 15) is 23.1 Å². The fraction of sp³-hybridized carbons (Fsp3) is 0.500. The lowest BCUT2D eigenvalue weighted by atomic mass is 9.91. The van der Waals surface area contributed by atoms with Crippen LogP contribution in [0.25, 0.3) is 11.3 Å². The summed E-state index contributed by atoms with van der Waals surface area (Å²) in [5, 5.41) is 18.9. The molecule has 1 aliphatic heterocycles. The van der Waals surface area contributed by atoms with Crippen LogP contribution >= 0.6 is 0 Å². The van der Waals surface area contributed by atoms with Crippen molar-refractivity contribution in [3.63, 3.8) is 0 Å². The van der Waals surface area contributed by atoms with Crippen LogP contribution in [0.1, 0.15) is 43.7 Å². The van der Waals surface area contributed by atoms with E-state index in [0.717, 1.165) is 12.1 Å². The van der Waals surface area contributed by atoms with Crippen molar-refractivity contribution in [3.8, 4) is 17.0 Å². The molecule has 2 heterocycles. The van der Waals surface area contributed by atoms with Crippen molar-refractivity contribution in [2.24, 2.45) is 5.92 Å². The first kappa shape index (κ1) is 23.8. The van der Waals surface area contributed by atoms with Gasteiger partial charge in [0.2, 0.25) is 0 Å². The average molecular weight is 453 g/mol. The van der Waals surface area contributed by atoms with E-state index >= 15 is 0 Å². The summed E-state index contributed by atoms with van der Waals surface area (Å²) in [6.45, 7) is 7.72. The largest absolute Gasteiger partial charge is 0.496 e. The number of aliphatic hydroxyl groups excluding tert-OH is 1. The van der Waals surface area contributed by atoms with Gasteiger partial charge >= 0.3 is 12.3 Å². The molecule has 1 unspecified atom stereocenters. The molecule has 174 valence electrons. The number of amides is 1. The van der Waals surface area contributed by atoms with Gasteiger partial charge in [-0.05, 0) is 57.5 Å². The molecule has 1 saturated heterocycles. The highest BCUT2D eigenvalue weighted by atomic mass is 19.4. The van der Waals surface area contributed by atoms with Crippen LogP contribution in [0.4, 0.5) is 18.0 Å². The predicted molar refractivity (Wildman–Crippen MR) is 110 cm³/mol. The molecule has 0 saturated carbocycles. The van der Waals surface area contributed by atoms with Crippen molar-refractivity contribution in [3.05, 3.63) is 41.1 Å². The highest BCUT2D eigenvalue weighted by Gasteiger charge is 2.39. The van der Waals surface area contributed by atoms with Gasteiger partial charge in [-0.1, -0.05) is 0 Å². The normalized spacial score (nSPS) is 15.8. The van der Waals surface area contributed by atoms with Gasteiger partial charge in [0.1, 0.15) is 17.5 Å². The molecule has 3 rings (SSSR count). The molecule has 32 heavy (non-hydrogen) atoms. The number of methoxy groups -OCH3 is 1. The van der Waals surface area contributed by atoms with Gasteiger partial charge in [-0.2, -0.15) is 18.3 Å². The molecular formula is C22H26F3N3O4. The number of nitrogens with zero attached hydrogens (tertiary/aromatic N) is 3. The molecule has 1 atom stereocenters. The first-order chi connectivity index (χ1) is 14.8. The molecule has 0 bridgehead atoms. The Balaban J connectivity index is 1.74. The topological polar surface area (TPSA) is 84.8 Å². The van der Waals surface area contributed by atoms with Gasteiger partial charge < -0.3 is 19.5 Å². The van der Waals surface area contributed by atoms with Crippen LogP contribution in [0, 0.1) is 12.8 Å². The second-order valence-electron chi connectivity index (χ2n) is 8.80. The standard InChI is InChI=1S/C22H26F3N3O4/c1-12-8-16(19(29)13-10-28(11-13)20(30)32-21(2,3)4)26-27-18(12)15-7-6-14(22(23,24)25)9-17(15)31-5/h6-9,13,19,29H,10-11H2,1-5H3. The fourth-order valence-corrected chi connectivity index (χ4v) is 3.41. The lowest BCUT2D eigenvalue weighted by Gasteiger charge is -2.41. The average Bonchev–Trinajstić information content (AvgIpc) is 2.64. The summed E-state index contributed by atoms with van der Waals surface area (Å²) in [5.74, 6) is -0.194. The van der Waals surface area contributed by atoms with Crippen molar-refractivity contribution >= 4 is 6.09 Å². The minimum atomic E-state index is -4.49. The number of aromatic nitrogens is 2. The second-order valence-corrected chi connectivity index (χ2v) is 8.80. The van der Waals surface area contributed by atoms with Crippen molar-refractivity contribution in [2.45, 2.75) is 45.6 Å². The van der Waals surface area contributed by atoms with E-state index in [1.54, 1.807) is 33.8 Å². The van der Waals surface area contributed by atoms with Gasteiger partial charge in [0.25, 0.3) is 0 Å². The maximum Gasteiger partial charge on any atom is 0.416 e. The van der Waals surface area contributed by atoms with Crippen LogP contribution in [-0.2, 0) is 10.9 Å². The minimum Gasteiger partial charge on any atom is -0.496 e. The lowest BCUT2D eigenvalue weighted by Crippen LogP contribution is -2.53. The molecule has 1 fully saturated rings. The number of aryl methyl sites for hydroxylation is 1. The van der Waals surface area contributed by atoms with Gasteiger partial charge in [-0.25, -0.2) is 4.79 Å². The van der Waals surface area contributed by atoms with Crippen LogP contribution in [0.2, 0.25) is 0 Å².